The van der Waals surface area contributed by atoms with E-state index in [1.54, 1.807) is 0 Å². The van der Waals surface area contributed by atoms with Crippen LogP contribution in [0.4, 0.5) is 0 Å². The Morgan fingerprint density at radius 3 is 1.29 bits per heavy atom. The Labute approximate surface area is 281 Å². The Hall–Kier alpha value is 1.25. The minimum atomic E-state index is -4.61. The molecule has 222 valence electrons. The number of unbranched alkanes of at least 4 members (excludes halogenated alkanes) is 23. The van der Waals surface area contributed by atoms with E-state index in [0.29, 0.717) is 0 Å². The maximum atomic E-state index is 10.9. The molecule has 0 aromatic carbocycles. The van der Waals surface area contributed by atoms with E-state index in [2.05, 4.69) is 30.2 Å². The van der Waals surface area contributed by atoms with Gasteiger partial charge >= 0.3 is 51.4 Å². The summed E-state index contributed by atoms with van der Waals surface area (Å²) in [6.07, 6.45) is 38.2. The molecule has 1 unspecified atom stereocenters. The van der Waals surface area contributed by atoms with Crippen LogP contribution in [0.15, 0.2) is 12.2 Å². The molecule has 0 fully saturated rings. The summed E-state index contributed by atoms with van der Waals surface area (Å²) in [5.41, 5.74) is 0. The van der Waals surface area contributed by atoms with E-state index in [4.69, 9.17) is 0 Å². The van der Waals surface area contributed by atoms with Crippen LogP contribution in [0.25, 0.3) is 0 Å². The first-order chi connectivity index (χ1) is 18.0. The standard InChI is InChI=1S/C32H64O4S.K/c1-3-5-7-9-11-13-14-15-16-17-18-19-20-21-22-24-26-28-30-32(31-36-37(33,34)35)29-27-25-23-12-10-8-6-4-2;/h27,29,32H,3-26,28,30-31H2,1-2H3,(H,33,34,35);/q;+1/p-1/b29-27+;. The van der Waals surface area contributed by atoms with Crippen molar-refractivity contribution in [2.45, 2.75) is 181 Å². The van der Waals surface area contributed by atoms with Crippen molar-refractivity contribution in [2.75, 3.05) is 6.61 Å². The quantitative estimate of drug-likeness (QED) is 0.0285. The van der Waals surface area contributed by atoms with Crippen LogP contribution in [0.3, 0.4) is 0 Å². The van der Waals surface area contributed by atoms with Gasteiger partial charge in [0.25, 0.3) is 0 Å². The van der Waals surface area contributed by atoms with Gasteiger partial charge in [0, 0.05) is 5.92 Å². The minimum Gasteiger partial charge on any atom is -0.726 e. The Kier molecular flexibility index (Phi) is 35.7. The molecule has 0 aromatic heterocycles. The van der Waals surface area contributed by atoms with Gasteiger partial charge in [-0.25, -0.2) is 8.42 Å². The molecule has 1 atom stereocenters. The third kappa shape index (κ3) is 35.3. The molecule has 0 saturated heterocycles. The van der Waals surface area contributed by atoms with Crippen molar-refractivity contribution in [3.63, 3.8) is 0 Å². The second kappa shape index (κ2) is 32.8. The molecule has 0 rings (SSSR count). The van der Waals surface area contributed by atoms with E-state index in [0.717, 1.165) is 19.3 Å². The van der Waals surface area contributed by atoms with Gasteiger partial charge in [-0.05, 0) is 19.3 Å². The number of hydrogen-bond acceptors (Lipinski definition) is 4. The normalized spacial score (nSPS) is 12.7. The molecule has 6 heteroatoms. The van der Waals surface area contributed by atoms with Crippen LogP contribution in [0.2, 0.25) is 0 Å². The number of allylic oxidation sites excluding steroid dienone is 1. The zero-order valence-corrected chi connectivity index (χ0v) is 29.8. The summed E-state index contributed by atoms with van der Waals surface area (Å²) < 4.78 is 37.2. The van der Waals surface area contributed by atoms with E-state index in [1.807, 2.05) is 0 Å². The third-order valence-electron chi connectivity index (χ3n) is 7.49. The summed E-state index contributed by atoms with van der Waals surface area (Å²) in [6, 6.07) is 0. The van der Waals surface area contributed by atoms with E-state index in [1.165, 1.54) is 148 Å². The van der Waals surface area contributed by atoms with Gasteiger partial charge in [0.05, 0.1) is 6.61 Å². The molecule has 0 spiro atoms. The van der Waals surface area contributed by atoms with Crippen LogP contribution >= 0.6 is 0 Å². The first kappa shape index (κ1) is 41.4. The predicted octanol–water partition coefficient (Wildman–Crippen LogP) is 7.82. The molecule has 0 aliphatic heterocycles. The van der Waals surface area contributed by atoms with Crippen molar-refractivity contribution in [1.29, 1.82) is 0 Å². The molecule has 0 heterocycles. The second-order valence-corrected chi connectivity index (χ2v) is 12.3. The molecule has 0 aliphatic rings. The molecule has 38 heavy (non-hydrogen) atoms. The fraction of sp³-hybridized carbons (Fsp3) is 0.938. The summed E-state index contributed by atoms with van der Waals surface area (Å²) >= 11 is 0. The fourth-order valence-electron chi connectivity index (χ4n) is 5.05. The molecular formula is C32H63KO4S. The van der Waals surface area contributed by atoms with Crippen molar-refractivity contribution < 1.29 is 68.5 Å². The first-order valence-electron chi connectivity index (χ1n) is 16.3. The van der Waals surface area contributed by atoms with Gasteiger partial charge in [0.2, 0.25) is 10.4 Å². The van der Waals surface area contributed by atoms with E-state index < -0.39 is 10.4 Å². The zero-order valence-electron chi connectivity index (χ0n) is 25.9. The van der Waals surface area contributed by atoms with Crippen molar-refractivity contribution in [2.24, 2.45) is 5.92 Å². The third-order valence-corrected chi connectivity index (χ3v) is 7.91. The average Bonchev–Trinajstić information content (AvgIpc) is 2.87. The van der Waals surface area contributed by atoms with Crippen LogP contribution in [0.1, 0.15) is 181 Å². The summed E-state index contributed by atoms with van der Waals surface area (Å²) in [6.45, 7) is 4.49. The van der Waals surface area contributed by atoms with Crippen molar-refractivity contribution in [3.8, 4) is 0 Å². The topological polar surface area (TPSA) is 66.4 Å². The molecule has 0 aromatic rings. The van der Waals surface area contributed by atoms with Crippen LogP contribution in [-0.2, 0) is 14.6 Å². The Morgan fingerprint density at radius 1 is 0.579 bits per heavy atom. The Morgan fingerprint density at radius 2 is 0.921 bits per heavy atom. The average molecular weight is 583 g/mol. The molecule has 0 bridgehead atoms. The van der Waals surface area contributed by atoms with E-state index >= 15 is 0 Å². The van der Waals surface area contributed by atoms with Crippen LogP contribution < -0.4 is 51.4 Å². The molecule has 0 amide bonds. The SMILES string of the molecule is CCCCCCCC/C=C/C(CCCCCCCCCCCCCCCCCCCC)COS(=O)(=O)[O-].[K+]. The van der Waals surface area contributed by atoms with Crippen LogP contribution in [0.5, 0.6) is 0 Å². The van der Waals surface area contributed by atoms with Gasteiger partial charge in [0.1, 0.15) is 0 Å². The monoisotopic (exact) mass is 582 g/mol. The van der Waals surface area contributed by atoms with Crippen molar-refractivity contribution in [1.82, 2.24) is 0 Å². The Balaban J connectivity index is 0. The summed E-state index contributed by atoms with van der Waals surface area (Å²) in [5, 5.41) is 0. The van der Waals surface area contributed by atoms with Crippen LogP contribution in [0, 0.1) is 5.92 Å². The molecule has 0 saturated carbocycles. The number of rotatable bonds is 30. The summed E-state index contributed by atoms with van der Waals surface area (Å²) in [4.78, 5) is 0. The minimum absolute atomic E-state index is 0. The largest absolute Gasteiger partial charge is 1.00 e. The maximum absolute atomic E-state index is 10.9. The van der Waals surface area contributed by atoms with E-state index in [9.17, 15) is 13.0 Å². The predicted molar refractivity (Wildman–Crippen MR) is 160 cm³/mol. The first-order valence-corrected chi connectivity index (χ1v) is 17.6. The van der Waals surface area contributed by atoms with Gasteiger partial charge in [-0.3, -0.25) is 4.18 Å². The zero-order chi connectivity index (χ0) is 27.3. The number of hydrogen-bond donors (Lipinski definition) is 0. The molecule has 0 aliphatic carbocycles. The molecular weight excluding hydrogens is 520 g/mol. The summed E-state index contributed by atoms with van der Waals surface area (Å²) in [7, 11) is -4.61. The van der Waals surface area contributed by atoms with Gasteiger partial charge in [-0.15, -0.1) is 0 Å². The smallest absolute Gasteiger partial charge is 0.726 e. The van der Waals surface area contributed by atoms with Crippen molar-refractivity contribution in [3.05, 3.63) is 12.2 Å². The fourth-order valence-corrected chi connectivity index (χ4v) is 5.39. The van der Waals surface area contributed by atoms with E-state index in [-0.39, 0.29) is 63.9 Å². The molecule has 0 radical (unpaired) electrons. The molecule has 4 nitrogen and oxygen atoms in total. The maximum Gasteiger partial charge on any atom is 1.00 e. The summed E-state index contributed by atoms with van der Waals surface area (Å²) in [5.74, 6) is 0.0184. The van der Waals surface area contributed by atoms with Gasteiger partial charge in [-0.2, -0.15) is 0 Å². The van der Waals surface area contributed by atoms with Gasteiger partial charge in [-0.1, -0.05) is 174 Å². The van der Waals surface area contributed by atoms with Gasteiger partial charge < -0.3 is 4.55 Å². The second-order valence-electron chi connectivity index (χ2n) is 11.2. The Bertz CT molecular complexity index is 580. The van der Waals surface area contributed by atoms with Gasteiger partial charge in [0.15, 0.2) is 0 Å². The molecule has 0 N–H and O–H groups in total. The van der Waals surface area contributed by atoms with Crippen molar-refractivity contribution >= 4 is 10.4 Å². The van der Waals surface area contributed by atoms with Crippen LogP contribution in [-0.4, -0.2) is 19.6 Å².